The van der Waals surface area contributed by atoms with Gasteiger partial charge in [-0.15, -0.1) is 0 Å². The highest BCUT2D eigenvalue weighted by Gasteiger charge is 2.46. The van der Waals surface area contributed by atoms with Crippen molar-refractivity contribution in [2.24, 2.45) is 5.73 Å². The number of aromatic nitrogens is 2. The summed E-state index contributed by atoms with van der Waals surface area (Å²) in [5, 5.41) is 29.7. The van der Waals surface area contributed by atoms with E-state index >= 15 is 0 Å². The number of nitrogens with zero attached hydrogens (tertiary/aromatic N) is 2. The van der Waals surface area contributed by atoms with Gasteiger partial charge in [0.15, 0.2) is 11.9 Å². The molecular weight excluding hydrogens is 404 g/mol. The van der Waals surface area contributed by atoms with E-state index in [1.165, 1.54) is 0 Å². The molecule has 1 aromatic heterocycles. The molecule has 0 radical (unpaired) electrons. The van der Waals surface area contributed by atoms with Crippen LogP contribution < -0.4 is 5.73 Å². The van der Waals surface area contributed by atoms with E-state index in [9.17, 15) is 29.2 Å². The Labute approximate surface area is 144 Å². The van der Waals surface area contributed by atoms with Gasteiger partial charge in [0.1, 0.15) is 24.6 Å². The molecule has 15 nitrogen and oxygen atoms in total. The Hall–Kier alpha value is -1.38. The monoisotopic (exact) mass is 419 g/mol. The van der Waals surface area contributed by atoms with Gasteiger partial charge in [0.2, 0.25) is 5.88 Å². The van der Waals surface area contributed by atoms with Crippen molar-refractivity contribution in [1.29, 1.82) is 0 Å². The van der Waals surface area contributed by atoms with Gasteiger partial charge in [-0.1, -0.05) is 0 Å². The molecular formula is C9H15N3O12P2. The molecule has 26 heavy (non-hydrogen) atoms. The minimum atomic E-state index is -5.33. The number of phosphoric ester groups is 1. The number of hydrogen-bond donors (Lipinski definition) is 7. The average molecular weight is 419 g/mol. The van der Waals surface area contributed by atoms with Crippen molar-refractivity contribution in [3.63, 3.8) is 0 Å². The zero-order valence-corrected chi connectivity index (χ0v) is 14.4. The van der Waals surface area contributed by atoms with Crippen molar-refractivity contribution < 1.29 is 57.5 Å². The molecule has 0 aromatic carbocycles. The quantitative estimate of drug-likeness (QED) is 0.227. The van der Waals surface area contributed by atoms with Crippen LogP contribution >= 0.6 is 15.6 Å². The Bertz CT molecular complexity index is 776. The van der Waals surface area contributed by atoms with E-state index in [1.807, 2.05) is 0 Å². The molecule has 8 N–H and O–H groups in total. The molecule has 1 aliphatic heterocycles. The minimum Gasteiger partial charge on any atom is -0.493 e. The van der Waals surface area contributed by atoms with Crippen molar-refractivity contribution in [1.82, 2.24) is 9.55 Å². The molecule has 1 aromatic rings. The fraction of sp³-hybridized carbons (Fsp3) is 0.556. The van der Waals surface area contributed by atoms with E-state index in [0.29, 0.717) is 0 Å². The van der Waals surface area contributed by atoms with Crippen LogP contribution in [0.5, 0.6) is 5.88 Å². The highest BCUT2D eigenvalue weighted by atomic mass is 31.3. The number of carbonyl (C=O) groups excluding carboxylic acids is 1. The number of amides is 1. The van der Waals surface area contributed by atoms with E-state index in [-0.39, 0.29) is 0 Å². The molecule has 1 aliphatic rings. The fourth-order valence-corrected chi connectivity index (χ4v) is 3.74. The molecule has 1 fully saturated rings. The van der Waals surface area contributed by atoms with Crippen molar-refractivity contribution >= 4 is 21.6 Å². The second-order valence-electron chi connectivity index (χ2n) is 5.07. The molecule has 0 spiro atoms. The van der Waals surface area contributed by atoms with E-state index in [4.69, 9.17) is 25.2 Å². The van der Waals surface area contributed by atoms with Crippen molar-refractivity contribution in [2.75, 3.05) is 6.61 Å². The number of aliphatic hydroxyl groups is 2. The Morgan fingerprint density at radius 3 is 2.42 bits per heavy atom. The predicted molar refractivity (Wildman–Crippen MR) is 77.2 cm³/mol. The first kappa shape index (κ1) is 20.9. The molecule has 2 rings (SSSR count). The Morgan fingerprint density at radius 1 is 1.31 bits per heavy atom. The second kappa shape index (κ2) is 7.32. The molecule has 0 bridgehead atoms. The summed E-state index contributed by atoms with van der Waals surface area (Å²) in [5.41, 5.74) is 4.45. The van der Waals surface area contributed by atoms with Gasteiger partial charge >= 0.3 is 15.6 Å². The number of phosphoric acid groups is 2. The predicted octanol–water partition coefficient (Wildman–Crippen LogP) is -2.47. The third kappa shape index (κ3) is 4.66. The maximum atomic E-state index is 11.4. The number of imidazole rings is 1. The maximum absolute atomic E-state index is 11.4. The van der Waals surface area contributed by atoms with Gasteiger partial charge in [-0.05, 0) is 0 Å². The number of carbonyl (C=O) groups is 1. The number of primary amides is 1. The van der Waals surface area contributed by atoms with Crippen LogP contribution in [0.2, 0.25) is 0 Å². The van der Waals surface area contributed by atoms with Gasteiger partial charge in [0.05, 0.1) is 6.61 Å². The molecule has 2 heterocycles. The number of ether oxygens (including phenoxy) is 1. The summed E-state index contributed by atoms with van der Waals surface area (Å²) >= 11 is 0. The number of aliphatic hydroxyl groups excluding tert-OH is 2. The van der Waals surface area contributed by atoms with E-state index in [0.717, 1.165) is 10.9 Å². The highest BCUT2D eigenvalue weighted by Crippen LogP contribution is 2.57. The van der Waals surface area contributed by atoms with Gasteiger partial charge in [0, 0.05) is 0 Å². The summed E-state index contributed by atoms with van der Waals surface area (Å²) < 4.78 is 35.7. The molecule has 5 atom stereocenters. The lowest BCUT2D eigenvalue weighted by molar-refractivity contribution is -0.0546. The molecule has 17 heteroatoms. The summed E-state index contributed by atoms with van der Waals surface area (Å²) in [6.45, 7) is -0.916. The number of aromatic hydroxyl groups is 1. The molecule has 0 saturated carbocycles. The van der Waals surface area contributed by atoms with Crippen LogP contribution in [-0.2, 0) is 22.7 Å². The Kier molecular flexibility index (Phi) is 5.90. The number of rotatable bonds is 7. The zero-order valence-electron chi connectivity index (χ0n) is 12.6. The third-order valence-corrected chi connectivity index (χ3v) is 5.38. The van der Waals surface area contributed by atoms with Gasteiger partial charge in [-0.2, -0.15) is 4.31 Å². The topological polar surface area (TPSA) is 244 Å². The molecule has 1 saturated heterocycles. The first-order chi connectivity index (χ1) is 11.8. The maximum Gasteiger partial charge on any atom is 0.481 e. The van der Waals surface area contributed by atoms with Crippen LogP contribution in [0.4, 0.5) is 0 Å². The van der Waals surface area contributed by atoms with Gasteiger partial charge < -0.3 is 40.5 Å². The fourth-order valence-electron chi connectivity index (χ4n) is 2.14. The van der Waals surface area contributed by atoms with Crippen molar-refractivity contribution in [2.45, 2.75) is 24.5 Å². The summed E-state index contributed by atoms with van der Waals surface area (Å²) in [4.78, 5) is 40.7. The van der Waals surface area contributed by atoms with Crippen LogP contribution in [0.3, 0.4) is 0 Å². The lowest BCUT2D eigenvalue weighted by atomic mass is 10.1. The summed E-state index contributed by atoms with van der Waals surface area (Å²) in [5.74, 6) is -1.82. The van der Waals surface area contributed by atoms with Crippen molar-refractivity contribution in [3.8, 4) is 5.88 Å². The minimum absolute atomic E-state index is 0.523. The number of nitrogens with two attached hydrogens (primary N) is 1. The average Bonchev–Trinajstić information content (AvgIpc) is 2.97. The lowest BCUT2D eigenvalue weighted by Gasteiger charge is -2.17. The van der Waals surface area contributed by atoms with E-state index < -0.39 is 64.3 Å². The van der Waals surface area contributed by atoms with Crippen LogP contribution in [0.1, 0.15) is 16.7 Å². The van der Waals surface area contributed by atoms with Crippen LogP contribution in [0.15, 0.2) is 6.33 Å². The zero-order chi connectivity index (χ0) is 19.9. The second-order valence-corrected chi connectivity index (χ2v) is 7.90. The standard InChI is InChI=1S/C9H15N3O12P2/c10-7(15)4-8(16)12(2-11-4)9-6(14)5(13)3(23-9)1-22-26(20,21)24-25(17,18)19/h2-3,5-6,9,13-14,16H,1H2,(H2,10,15)(H,20,21)(H2,17,18,19)/t3-,5-,6-,9-/m1/s1. The normalized spacial score (nSPS) is 28.8. The molecule has 1 unspecified atom stereocenters. The van der Waals surface area contributed by atoms with Crippen LogP contribution in [-0.4, -0.2) is 70.4 Å². The highest BCUT2D eigenvalue weighted by molar-refractivity contribution is 7.60. The SMILES string of the molecule is NC(=O)c1ncn([C@@H]2O[C@H](COP(=O)(O)OP(=O)(O)O)[C@@H](O)[C@H]2O)c1O. The molecule has 1 amide bonds. The van der Waals surface area contributed by atoms with Crippen LogP contribution in [0, 0.1) is 0 Å². The molecule has 0 aliphatic carbocycles. The first-order valence-electron chi connectivity index (χ1n) is 6.64. The van der Waals surface area contributed by atoms with Gasteiger partial charge in [-0.25, -0.2) is 14.1 Å². The van der Waals surface area contributed by atoms with Gasteiger partial charge in [-0.3, -0.25) is 13.9 Å². The summed E-state index contributed by atoms with van der Waals surface area (Å²) in [6, 6.07) is 0. The Morgan fingerprint density at radius 2 is 1.92 bits per heavy atom. The summed E-state index contributed by atoms with van der Waals surface area (Å²) in [6.07, 6.45) is -5.43. The van der Waals surface area contributed by atoms with Crippen molar-refractivity contribution in [3.05, 3.63) is 12.0 Å². The third-order valence-electron chi connectivity index (χ3n) is 3.22. The Balaban J connectivity index is 2.09. The van der Waals surface area contributed by atoms with E-state index in [1.54, 1.807) is 0 Å². The van der Waals surface area contributed by atoms with Crippen LogP contribution in [0.25, 0.3) is 0 Å². The van der Waals surface area contributed by atoms with E-state index in [2.05, 4.69) is 13.8 Å². The smallest absolute Gasteiger partial charge is 0.481 e. The largest absolute Gasteiger partial charge is 0.493 e. The summed E-state index contributed by atoms with van der Waals surface area (Å²) in [7, 11) is -10.5. The lowest BCUT2D eigenvalue weighted by Crippen LogP contribution is -2.33. The number of hydrogen-bond acceptors (Lipinski definition) is 10. The van der Waals surface area contributed by atoms with Gasteiger partial charge in [0.25, 0.3) is 5.91 Å². The first-order valence-corrected chi connectivity index (χ1v) is 9.66. The molecule has 148 valence electrons.